The average molecular weight is 957 g/mol. The van der Waals surface area contributed by atoms with Crippen molar-refractivity contribution >= 4 is 41.8 Å². The van der Waals surface area contributed by atoms with Crippen molar-refractivity contribution in [2.75, 3.05) is 6.61 Å². The number of phenols is 11. The number of aliphatic hydroxyl groups excluding tert-OH is 1. The zero-order valence-electron chi connectivity index (χ0n) is 33.6. The molecule has 0 amide bonds. The van der Waals surface area contributed by atoms with Gasteiger partial charge in [-0.25, -0.2) is 24.0 Å². The van der Waals surface area contributed by atoms with Crippen molar-refractivity contribution in [1.82, 2.24) is 0 Å². The third kappa shape index (κ3) is 8.58. The number of esters is 6. The predicted octanol–water partition coefficient (Wildman–Crippen LogP) is 0.0179. The number of carbonyl (C=O) groups is 7. The Bertz CT molecular complexity index is 2750. The van der Waals surface area contributed by atoms with E-state index in [9.17, 15) is 99.9 Å². The molecule has 3 aliphatic rings. The lowest BCUT2D eigenvalue weighted by Crippen LogP contribution is -2.63. The van der Waals surface area contributed by atoms with Gasteiger partial charge in [-0.2, -0.15) is 0 Å². The third-order valence-corrected chi connectivity index (χ3v) is 10.6. The summed E-state index contributed by atoms with van der Waals surface area (Å²) < 4.78 is 38.6. The number of ether oxygens (including phenoxy) is 7. The van der Waals surface area contributed by atoms with Crippen molar-refractivity contribution in [3.8, 4) is 69.0 Å². The SMILES string of the molecule is O=C(O)C[C@@H]1C(=O)O[C@@H]2[C@H](OC(=O)c3cc(O)c(O)c(O)c3)[C@H](OC(=O)c3cc(O)c(O)c4c3[C@H]1[C@H](O)C(=O)O4)[C@@H](OC(=O)c1cc(O)c(O)c(O)c1)O[C@H]2COC(=O)c1cc(O)c(O)c(O)c1. The third-order valence-electron chi connectivity index (χ3n) is 10.6. The minimum atomic E-state index is -2.57. The lowest BCUT2D eigenvalue weighted by atomic mass is 9.76. The number of phenolic OH excluding ortho intramolecular Hbond substituents is 11. The Labute approximate surface area is 375 Å². The summed E-state index contributed by atoms with van der Waals surface area (Å²) in [7, 11) is 0. The molecule has 27 heteroatoms. The van der Waals surface area contributed by atoms with Crippen LogP contribution in [0.15, 0.2) is 42.5 Å². The van der Waals surface area contributed by atoms with E-state index in [-0.39, 0.29) is 0 Å². The summed E-state index contributed by atoms with van der Waals surface area (Å²) in [5.74, 6) is -29.8. The number of benzene rings is 4. The maximum atomic E-state index is 14.5. The first-order valence-electron chi connectivity index (χ1n) is 19.1. The fraction of sp³-hybridized carbons (Fsp3) is 0.244. The maximum Gasteiger partial charge on any atom is 0.341 e. The van der Waals surface area contributed by atoms with Crippen LogP contribution in [-0.4, -0.2) is 152 Å². The number of aromatic hydroxyl groups is 11. The monoisotopic (exact) mass is 956 g/mol. The number of aliphatic hydroxyl groups is 1. The lowest BCUT2D eigenvalue weighted by Gasteiger charge is -2.44. The molecule has 27 nitrogen and oxygen atoms in total. The molecular weight excluding hydrogens is 924 g/mol. The molecule has 7 rings (SSSR count). The Morgan fingerprint density at radius 1 is 0.574 bits per heavy atom. The van der Waals surface area contributed by atoms with Crippen LogP contribution in [0.4, 0.5) is 0 Å². The topological polar surface area (TPSA) is 447 Å². The number of carbonyl (C=O) groups excluding carboxylic acids is 6. The van der Waals surface area contributed by atoms with E-state index in [2.05, 4.69) is 0 Å². The molecule has 0 radical (unpaired) electrons. The van der Waals surface area contributed by atoms with E-state index in [4.69, 9.17) is 33.2 Å². The number of fused-ring (bicyclic) bond motifs is 2. The second-order valence-corrected chi connectivity index (χ2v) is 14.9. The summed E-state index contributed by atoms with van der Waals surface area (Å²) in [5.41, 5.74) is -4.15. The van der Waals surface area contributed by atoms with E-state index in [0.29, 0.717) is 42.5 Å². The molecule has 8 atom stereocenters. The average Bonchev–Trinajstić information content (AvgIpc) is 3.28. The first-order valence-corrected chi connectivity index (χ1v) is 19.1. The van der Waals surface area contributed by atoms with Gasteiger partial charge in [-0.15, -0.1) is 0 Å². The van der Waals surface area contributed by atoms with Crippen LogP contribution in [0.1, 0.15) is 59.3 Å². The second kappa shape index (κ2) is 17.7. The van der Waals surface area contributed by atoms with Gasteiger partial charge < -0.3 is 99.5 Å². The van der Waals surface area contributed by atoms with Crippen LogP contribution >= 0.6 is 0 Å². The molecule has 0 saturated carbocycles. The molecule has 13 N–H and O–H groups in total. The van der Waals surface area contributed by atoms with E-state index in [1.54, 1.807) is 0 Å². The lowest BCUT2D eigenvalue weighted by molar-refractivity contribution is -0.287. The van der Waals surface area contributed by atoms with Gasteiger partial charge in [0, 0.05) is 11.5 Å². The van der Waals surface area contributed by atoms with Crippen molar-refractivity contribution in [2.45, 2.75) is 49.1 Å². The molecular formula is C41H32O27. The fourth-order valence-electron chi connectivity index (χ4n) is 7.37. The number of hydrogen-bond donors (Lipinski definition) is 13. The standard InChI is InChI=1S/C41H32O27/c42-15-1-10(2-16(43)26(15)51)35(56)62-9-22-31-33(66-36(57)11-3-17(44)27(52)18(45)4-11)34(41(63-22)68-37(58)12-5-19(46)28(53)20(47)6-12)67-38(59)13-7-21(48)29(54)32-25(13)24(30(55)40(61)65-32)14(8-23(49)50)39(60)64-31/h1-7,14,22,24,30-31,33-34,41-48,51-55H,8-9H2,(H,49,50)/t14-,22-,24-,30-,31-,33-,34-,41+/m0/s1. The Kier molecular flexibility index (Phi) is 12.2. The molecule has 68 heavy (non-hydrogen) atoms. The zero-order valence-corrected chi connectivity index (χ0v) is 33.6. The van der Waals surface area contributed by atoms with Gasteiger partial charge in [-0.3, -0.25) is 9.59 Å². The van der Waals surface area contributed by atoms with Crippen molar-refractivity contribution in [3.63, 3.8) is 0 Å². The number of hydrogen-bond acceptors (Lipinski definition) is 26. The Morgan fingerprint density at radius 3 is 1.54 bits per heavy atom. The quantitative estimate of drug-likeness (QED) is 0.0455. The summed E-state index contributed by atoms with van der Waals surface area (Å²) >= 11 is 0. The van der Waals surface area contributed by atoms with Crippen LogP contribution in [0.3, 0.4) is 0 Å². The van der Waals surface area contributed by atoms with Gasteiger partial charge in [0.2, 0.25) is 18.1 Å². The summed E-state index contributed by atoms with van der Waals surface area (Å²) in [6, 6.07) is 3.84. The van der Waals surface area contributed by atoms with Crippen LogP contribution in [0.25, 0.3) is 0 Å². The fourth-order valence-corrected chi connectivity index (χ4v) is 7.37. The van der Waals surface area contributed by atoms with Gasteiger partial charge in [-0.05, 0) is 42.5 Å². The molecule has 0 aliphatic carbocycles. The summed E-state index contributed by atoms with van der Waals surface area (Å²) in [6.07, 6.45) is -16.3. The highest BCUT2D eigenvalue weighted by atomic mass is 16.7. The van der Waals surface area contributed by atoms with Gasteiger partial charge >= 0.3 is 41.8 Å². The number of rotatable bonds is 9. The minimum Gasteiger partial charge on any atom is -0.504 e. The molecule has 3 aliphatic heterocycles. The molecule has 2 bridgehead atoms. The molecule has 0 aromatic heterocycles. The van der Waals surface area contributed by atoms with Gasteiger partial charge in [-0.1, -0.05) is 0 Å². The predicted molar refractivity (Wildman–Crippen MR) is 207 cm³/mol. The summed E-state index contributed by atoms with van der Waals surface area (Å²) in [5, 5.41) is 133. The van der Waals surface area contributed by atoms with Gasteiger partial charge in [0.15, 0.2) is 81.6 Å². The minimum absolute atomic E-state index is 0.449. The highest BCUT2D eigenvalue weighted by Crippen LogP contribution is 2.51. The van der Waals surface area contributed by atoms with E-state index >= 15 is 0 Å². The van der Waals surface area contributed by atoms with Crippen LogP contribution in [0.2, 0.25) is 0 Å². The van der Waals surface area contributed by atoms with Crippen LogP contribution in [0.5, 0.6) is 69.0 Å². The Morgan fingerprint density at radius 2 is 1.04 bits per heavy atom. The summed E-state index contributed by atoms with van der Waals surface area (Å²) in [4.78, 5) is 95.4. The molecule has 3 heterocycles. The Hall–Kier alpha value is -9.11. The molecule has 0 spiro atoms. The number of aliphatic carboxylic acids is 1. The highest BCUT2D eigenvalue weighted by molar-refractivity contribution is 5.98. The molecule has 358 valence electrons. The van der Waals surface area contributed by atoms with Gasteiger partial charge in [0.05, 0.1) is 34.6 Å². The highest BCUT2D eigenvalue weighted by Gasteiger charge is 2.57. The van der Waals surface area contributed by atoms with Crippen molar-refractivity contribution in [3.05, 3.63) is 70.3 Å². The molecule has 4 aromatic carbocycles. The molecule has 4 aromatic rings. The molecule has 1 saturated heterocycles. The van der Waals surface area contributed by atoms with Crippen LogP contribution < -0.4 is 4.74 Å². The van der Waals surface area contributed by atoms with Crippen LogP contribution in [-0.2, 0) is 42.8 Å². The van der Waals surface area contributed by atoms with E-state index in [1.165, 1.54) is 0 Å². The van der Waals surface area contributed by atoms with Crippen molar-refractivity contribution < 1.29 is 133 Å². The van der Waals surface area contributed by atoms with Gasteiger partial charge in [0.1, 0.15) is 12.7 Å². The second-order valence-electron chi connectivity index (χ2n) is 14.9. The van der Waals surface area contributed by atoms with Crippen molar-refractivity contribution in [1.29, 1.82) is 0 Å². The van der Waals surface area contributed by atoms with Crippen LogP contribution in [0, 0.1) is 5.92 Å². The first kappa shape index (κ1) is 46.9. The van der Waals surface area contributed by atoms with E-state index in [0.717, 1.165) is 0 Å². The normalized spacial score (nSPS) is 23.0. The van der Waals surface area contributed by atoms with Crippen molar-refractivity contribution in [2.24, 2.45) is 5.92 Å². The Balaban J connectivity index is 1.44. The number of carboxylic acid groups (broad SMARTS) is 1. The smallest absolute Gasteiger partial charge is 0.341 e. The largest absolute Gasteiger partial charge is 0.504 e. The number of carboxylic acids is 1. The van der Waals surface area contributed by atoms with E-state index < -0.39 is 200 Å². The summed E-state index contributed by atoms with van der Waals surface area (Å²) in [6.45, 7) is -1.28. The first-order chi connectivity index (χ1) is 32.0. The van der Waals surface area contributed by atoms with E-state index in [1.807, 2.05) is 0 Å². The zero-order chi connectivity index (χ0) is 49.8. The maximum absolute atomic E-state index is 14.5. The van der Waals surface area contributed by atoms with Gasteiger partial charge in [0.25, 0.3) is 0 Å². The molecule has 1 fully saturated rings. The molecule has 0 unspecified atom stereocenters.